The Kier molecular flexibility index (Phi) is 5.18. The van der Waals surface area contributed by atoms with Gasteiger partial charge in [-0.25, -0.2) is 0 Å². The number of carbonyl (C=O) groups is 2. The third kappa shape index (κ3) is 4.27. The van der Waals surface area contributed by atoms with Crippen LogP contribution in [0.2, 0.25) is 0 Å². The summed E-state index contributed by atoms with van der Waals surface area (Å²) in [6, 6.07) is 5.19. The number of nitrogens with one attached hydrogen (secondary N) is 2. The number of likely N-dealkylation sites (tertiary alicyclic amines) is 1. The fourth-order valence-electron chi connectivity index (χ4n) is 3.22. The molecule has 1 saturated heterocycles. The lowest BCUT2D eigenvalue weighted by atomic mass is 9.94. The fourth-order valence-corrected chi connectivity index (χ4v) is 3.22. The van der Waals surface area contributed by atoms with Crippen molar-refractivity contribution in [3.63, 3.8) is 0 Å². The highest BCUT2D eigenvalue weighted by molar-refractivity contribution is 5.90. The minimum absolute atomic E-state index is 0.0352. The van der Waals surface area contributed by atoms with Crippen LogP contribution >= 0.6 is 0 Å². The van der Waals surface area contributed by atoms with Gasteiger partial charge in [0.2, 0.25) is 5.91 Å². The predicted molar refractivity (Wildman–Crippen MR) is 90.8 cm³/mol. The molecule has 25 heavy (non-hydrogen) atoms. The Hall–Kier alpha value is -2.61. The first-order valence-corrected chi connectivity index (χ1v) is 8.43. The van der Waals surface area contributed by atoms with Crippen LogP contribution in [0.15, 0.2) is 28.9 Å². The molecule has 0 unspecified atom stereocenters. The molecule has 2 aromatic rings. The lowest BCUT2D eigenvalue weighted by Gasteiger charge is -2.31. The molecule has 1 aliphatic rings. The topological polar surface area (TPSA) is 117 Å². The molecule has 2 aromatic heterocycles. The van der Waals surface area contributed by atoms with Crippen LogP contribution in [-0.2, 0) is 4.79 Å². The monoisotopic (exact) mass is 345 g/mol. The van der Waals surface area contributed by atoms with Gasteiger partial charge >= 0.3 is 0 Å². The van der Waals surface area contributed by atoms with Crippen LogP contribution in [-0.4, -0.2) is 46.5 Å². The van der Waals surface area contributed by atoms with E-state index < -0.39 is 5.91 Å². The smallest absolute Gasteiger partial charge is 0.269 e. The van der Waals surface area contributed by atoms with E-state index in [2.05, 4.69) is 20.4 Å². The highest BCUT2D eigenvalue weighted by Crippen LogP contribution is 2.25. The number of aromatic amines is 1. The molecule has 3 rings (SSSR count). The van der Waals surface area contributed by atoms with Gasteiger partial charge in [-0.15, -0.1) is 0 Å². The Morgan fingerprint density at radius 2 is 2.40 bits per heavy atom. The quantitative estimate of drug-likeness (QED) is 0.726. The second-order valence-electron chi connectivity index (χ2n) is 6.45. The van der Waals surface area contributed by atoms with Crippen LogP contribution < -0.4 is 11.1 Å². The van der Waals surface area contributed by atoms with E-state index in [4.69, 9.17) is 10.2 Å². The average Bonchev–Trinajstić information content (AvgIpc) is 3.27. The molecule has 0 radical (unpaired) electrons. The number of carbonyl (C=O) groups excluding carboxylic acids is 2. The van der Waals surface area contributed by atoms with Crippen molar-refractivity contribution in [3.05, 3.63) is 41.6 Å². The molecule has 3 heterocycles. The zero-order chi connectivity index (χ0) is 17.8. The number of rotatable bonds is 6. The summed E-state index contributed by atoms with van der Waals surface area (Å²) < 4.78 is 5.31. The molecule has 4 N–H and O–H groups in total. The molecule has 2 amide bonds. The van der Waals surface area contributed by atoms with Gasteiger partial charge < -0.3 is 15.5 Å². The SMILES string of the molecule is C[C@@H](NC(=O)CN1CCC[C@@H](c2cc(C(N)=O)n[nH]2)C1)c1ccco1. The zero-order valence-electron chi connectivity index (χ0n) is 14.2. The van der Waals surface area contributed by atoms with E-state index in [9.17, 15) is 9.59 Å². The van der Waals surface area contributed by atoms with Gasteiger partial charge in [0.15, 0.2) is 0 Å². The van der Waals surface area contributed by atoms with E-state index in [0.717, 1.165) is 37.4 Å². The lowest BCUT2D eigenvalue weighted by molar-refractivity contribution is -0.123. The number of furan rings is 1. The van der Waals surface area contributed by atoms with E-state index in [0.29, 0.717) is 6.54 Å². The van der Waals surface area contributed by atoms with Crippen molar-refractivity contribution in [2.24, 2.45) is 5.73 Å². The van der Waals surface area contributed by atoms with Crippen molar-refractivity contribution in [2.45, 2.75) is 31.7 Å². The number of nitrogens with two attached hydrogens (primary N) is 1. The Bertz CT molecular complexity index is 724. The first kappa shape index (κ1) is 17.2. The highest BCUT2D eigenvalue weighted by Gasteiger charge is 2.25. The maximum atomic E-state index is 12.3. The molecule has 0 saturated carbocycles. The van der Waals surface area contributed by atoms with Gasteiger partial charge in [0.05, 0.1) is 18.8 Å². The summed E-state index contributed by atoms with van der Waals surface area (Å²) in [6.45, 7) is 3.84. The summed E-state index contributed by atoms with van der Waals surface area (Å²) in [5, 5.41) is 9.78. The van der Waals surface area contributed by atoms with Crippen LogP contribution in [0, 0.1) is 0 Å². The summed E-state index contributed by atoms with van der Waals surface area (Å²) in [6.07, 6.45) is 3.57. The highest BCUT2D eigenvalue weighted by atomic mass is 16.3. The maximum absolute atomic E-state index is 12.3. The summed E-state index contributed by atoms with van der Waals surface area (Å²) in [5.41, 5.74) is 6.38. The van der Waals surface area contributed by atoms with Crippen LogP contribution in [0.1, 0.15) is 53.7 Å². The van der Waals surface area contributed by atoms with E-state index >= 15 is 0 Å². The van der Waals surface area contributed by atoms with Gasteiger partial charge in [0.25, 0.3) is 5.91 Å². The number of piperidine rings is 1. The summed E-state index contributed by atoms with van der Waals surface area (Å²) in [7, 11) is 0. The second kappa shape index (κ2) is 7.52. The van der Waals surface area contributed by atoms with E-state index in [1.54, 1.807) is 18.4 Å². The first-order valence-electron chi connectivity index (χ1n) is 8.43. The van der Waals surface area contributed by atoms with E-state index in [-0.39, 0.29) is 23.6 Å². The second-order valence-corrected chi connectivity index (χ2v) is 6.45. The van der Waals surface area contributed by atoms with Crippen molar-refractivity contribution in [2.75, 3.05) is 19.6 Å². The third-order valence-electron chi connectivity index (χ3n) is 4.51. The van der Waals surface area contributed by atoms with Crippen molar-refractivity contribution in [3.8, 4) is 0 Å². The van der Waals surface area contributed by atoms with Gasteiger partial charge in [0, 0.05) is 18.2 Å². The Balaban J connectivity index is 1.54. The zero-order valence-corrected chi connectivity index (χ0v) is 14.2. The van der Waals surface area contributed by atoms with Gasteiger partial charge in [-0.2, -0.15) is 5.10 Å². The van der Waals surface area contributed by atoms with Gasteiger partial charge in [-0.3, -0.25) is 19.6 Å². The molecule has 2 atom stereocenters. The normalized spacial score (nSPS) is 19.5. The van der Waals surface area contributed by atoms with Gasteiger partial charge in [-0.05, 0) is 44.5 Å². The molecule has 0 spiro atoms. The lowest BCUT2D eigenvalue weighted by Crippen LogP contribution is -2.42. The molecular formula is C17H23N5O3. The fraction of sp³-hybridized carbons (Fsp3) is 0.471. The first-order chi connectivity index (χ1) is 12.0. The number of hydrogen-bond donors (Lipinski definition) is 3. The molecule has 0 aliphatic carbocycles. The molecular weight excluding hydrogens is 322 g/mol. The average molecular weight is 345 g/mol. The Morgan fingerprint density at radius 1 is 1.56 bits per heavy atom. The molecule has 8 heteroatoms. The number of H-pyrrole nitrogens is 1. The van der Waals surface area contributed by atoms with Crippen LogP contribution in [0.5, 0.6) is 0 Å². The van der Waals surface area contributed by atoms with Crippen LogP contribution in [0.4, 0.5) is 0 Å². The standard InChI is InChI=1S/C17H23N5O3/c1-11(15-5-3-7-25-15)19-16(23)10-22-6-2-4-12(9-22)13-8-14(17(18)24)21-20-13/h3,5,7-8,11-12H,2,4,6,9-10H2,1H3,(H2,18,24)(H,19,23)(H,20,21)/t11-,12-/m1/s1. The van der Waals surface area contributed by atoms with Crippen molar-refractivity contribution < 1.29 is 14.0 Å². The molecule has 8 nitrogen and oxygen atoms in total. The molecule has 0 aromatic carbocycles. The largest absolute Gasteiger partial charge is 0.467 e. The molecule has 1 aliphatic heterocycles. The number of primary amides is 1. The molecule has 1 fully saturated rings. The predicted octanol–water partition coefficient (Wildman–Crippen LogP) is 1.16. The third-order valence-corrected chi connectivity index (χ3v) is 4.51. The summed E-state index contributed by atoms with van der Waals surface area (Å²) in [5.74, 6) is 0.374. The Morgan fingerprint density at radius 3 is 3.08 bits per heavy atom. The minimum Gasteiger partial charge on any atom is -0.467 e. The number of amides is 2. The molecule has 134 valence electrons. The summed E-state index contributed by atoms with van der Waals surface area (Å²) >= 11 is 0. The number of hydrogen-bond acceptors (Lipinski definition) is 5. The van der Waals surface area contributed by atoms with E-state index in [1.165, 1.54) is 0 Å². The maximum Gasteiger partial charge on any atom is 0.269 e. The van der Waals surface area contributed by atoms with E-state index in [1.807, 2.05) is 13.0 Å². The van der Waals surface area contributed by atoms with Crippen LogP contribution in [0.3, 0.4) is 0 Å². The van der Waals surface area contributed by atoms with Gasteiger partial charge in [-0.1, -0.05) is 0 Å². The minimum atomic E-state index is -0.540. The number of aromatic nitrogens is 2. The van der Waals surface area contributed by atoms with Crippen molar-refractivity contribution in [1.82, 2.24) is 20.4 Å². The van der Waals surface area contributed by atoms with Crippen molar-refractivity contribution >= 4 is 11.8 Å². The Labute approximate surface area is 145 Å². The van der Waals surface area contributed by atoms with Crippen molar-refractivity contribution in [1.29, 1.82) is 0 Å². The van der Waals surface area contributed by atoms with Crippen LogP contribution in [0.25, 0.3) is 0 Å². The molecule has 0 bridgehead atoms. The number of nitrogens with zero attached hydrogens (tertiary/aromatic N) is 2. The van der Waals surface area contributed by atoms with Gasteiger partial charge in [0.1, 0.15) is 11.5 Å². The summed E-state index contributed by atoms with van der Waals surface area (Å²) in [4.78, 5) is 25.6.